The van der Waals surface area contributed by atoms with E-state index >= 15 is 0 Å². The molecule has 1 unspecified atom stereocenters. The predicted octanol–water partition coefficient (Wildman–Crippen LogP) is 7.43. The van der Waals surface area contributed by atoms with Crippen LogP contribution in [-0.4, -0.2) is 6.61 Å². The first kappa shape index (κ1) is 21.3. The molecule has 0 saturated carbocycles. The minimum Gasteiger partial charge on any atom is -0.502 e. The van der Waals surface area contributed by atoms with Crippen LogP contribution >= 0.6 is 0 Å². The standard InChI is InChI=1S/C21H40O/c1-5-6-7-8-9-10-11-12-13-18-22-19-17-21(4)16-14-15-20(2)3/h13,15,18,21H,5-12,14,16-17,19H2,1-4H3. The highest BCUT2D eigenvalue weighted by atomic mass is 16.5. The van der Waals surface area contributed by atoms with Crippen molar-refractivity contribution in [1.29, 1.82) is 0 Å². The molecule has 0 amide bonds. The number of allylic oxidation sites excluding steroid dienone is 3. The molecule has 0 N–H and O–H groups in total. The molecule has 0 fully saturated rings. The van der Waals surface area contributed by atoms with Gasteiger partial charge in [0.05, 0.1) is 12.9 Å². The molecule has 0 bridgehead atoms. The van der Waals surface area contributed by atoms with Crippen LogP contribution in [0.3, 0.4) is 0 Å². The molecule has 0 aliphatic carbocycles. The molecule has 1 heteroatoms. The summed E-state index contributed by atoms with van der Waals surface area (Å²) in [4.78, 5) is 0. The zero-order chi connectivity index (χ0) is 16.5. The van der Waals surface area contributed by atoms with Crippen LogP contribution in [-0.2, 0) is 4.74 Å². The molecule has 0 radical (unpaired) electrons. The van der Waals surface area contributed by atoms with E-state index in [4.69, 9.17) is 4.74 Å². The molecule has 0 saturated heterocycles. The molecular formula is C21H40O. The van der Waals surface area contributed by atoms with Crippen LogP contribution in [0.4, 0.5) is 0 Å². The minimum absolute atomic E-state index is 0.757. The lowest BCUT2D eigenvalue weighted by molar-refractivity contribution is 0.222. The molecular weight excluding hydrogens is 268 g/mol. The molecule has 1 nitrogen and oxygen atoms in total. The van der Waals surface area contributed by atoms with Crippen LogP contribution in [0.5, 0.6) is 0 Å². The van der Waals surface area contributed by atoms with Gasteiger partial charge >= 0.3 is 0 Å². The Labute approximate surface area is 140 Å². The summed E-state index contributed by atoms with van der Waals surface area (Å²) in [6.07, 6.45) is 20.9. The van der Waals surface area contributed by atoms with Crippen molar-refractivity contribution in [1.82, 2.24) is 0 Å². The van der Waals surface area contributed by atoms with Crippen LogP contribution in [0.15, 0.2) is 24.0 Å². The minimum atomic E-state index is 0.757. The van der Waals surface area contributed by atoms with Crippen molar-refractivity contribution < 1.29 is 4.74 Å². The molecule has 0 aliphatic rings. The number of hydrogen-bond donors (Lipinski definition) is 0. The Balaban J connectivity index is 3.28. The fourth-order valence-corrected chi connectivity index (χ4v) is 2.49. The molecule has 0 spiro atoms. The molecule has 22 heavy (non-hydrogen) atoms. The average Bonchev–Trinajstić information content (AvgIpc) is 2.48. The summed E-state index contributed by atoms with van der Waals surface area (Å²) in [6.45, 7) is 9.80. The summed E-state index contributed by atoms with van der Waals surface area (Å²) < 4.78 is 5.60. The van der Waals surface area contributed by atoms with Gasteiger partial charge in [0.15, 0.2) is 0 Å². The molecule has 0 aromatic heterocycles. The monoisotopic (exact) mass is 308 g/mol. The third kappa shape index (κ3) is 17.3. The van der Waals surface area contributed by atoms with E-state index in [1.807, 2.05) is 6.26 Å². The first-order valence-electron chi connectivity index (χ1n) is 9.56. The highest BCUT2D eigenvalue weighted by Gasteiger charge is 2.00. The lowest BCUT2D eigenvalue weighted by Crippen LogP contribution is -1.99. The number of unbranched alkanes of at least 4 members (excludes halogenated alkanes) is 7. The summed E-state index contributed by atoms with van der Waals surface area (Å²) >= 11 is 0. The smallest absolute Gasteiger partial charge is 0.0875 e. The highest BCUT2D eigenvalue weighted by molar-refractivity contribution is 4.92. The molecule has 130 valence electrons. The van der Waals surface area contributed by atoms with Gasteiger partial charge in [0, 0.05) is 0 Å². The summed E-state index contributed by atoms with van der Waals surface area (Å²) in [6, 6.07) is 0. The normalized spacial score (nSPS) is 12.5. The summed E-state index contributed by atoms with van der Waals surface area (Å²) in [5.74, 6) is 0.757. The second-order valence-electron chi connectivity index (χ2n) is 6.91. The predicted molar refractivity (Wildman–Crippen MR) is 100 cm³/mol. The van der Waals surface area contributed by atoms with Crippen LogP contribution in [0.25, 0.3) is 0 Å². The van der Waals surface area contributed by atoms with Crippen molar-refractivity contribution in [3.63, 3.8) is 0 Å². The Bertz CT molecular complexity index is 274. The second-order valence-corrected chi connectivity index (χ2v) is 6.91. The van der Waals surface area contributed by atoms with Crippen molar-refractivity contribution in [2.75, 3.05) is 6.61 Å². The van der Waals surface area contributed by atoms with E-state index in [9.17, 15) is 0 Å². The third-order valence-electron chi connectivity index (χ3n) is 4.11. The van der Waals surface area contributed by atoms with E-state index in [2.05, 4.69) is 39.8 Å². The third-order valence-corrected chi connectivity index (χ3v) is 4.11. The zero-order valence-electron chi connectivity index (χ0n) is 15.7. The van der Waals surface area contributed by atoms with Gasteiger partial charge in [-0.15, -0.1) is 0 Å². The van der Waals surface area contributed by atoms with Crippen molar-refractivity contribution >= 4 is 0 Å². The van der Waals surface area contributed by atoms with Gasteiger partial charge < -0.3 is 4.74 Å². The van der Waals surface area contributed by atoms with E-state index in [1.165, 1.54) is 76.2 Å². The quantitative estimate of drug-likeness (QED) is 0.174. The Kier molecular flexibility index (Phi) is 16.1. The van der Waals surface area contributed by atoms with E-state index in [-0.39, 0.29) is 0 Å². The lowest BCUT2D eigenvalue weighted by Gasteiger charge is -2.09. The van der Waals surface area contributed by atoms with Crippen LogP contribution < -0.4 is 0 Å². The van der Waals surface area contributed by atoms with Gasteiger partial charge in [0.2, 0.25) is 0 Å². The maximum atomic E-state index is 5.60. The maximum absolute atomic E-state index is 5.60. The molecule has 0 rings (SSSR count). The highest BCUT2D eigenvalue weighted by Crippen LogP contribution is 2.12. The Morgan fingerprint density at radius 3 is 2.27 bits per heavy atom. The van der Waals surface area contributed by atoms with Gasteiger partial charge in [-0.05, 0) is 57.9 Å². The Morgan fingerprint density at radius 2 is 1.59 bits per heavy atom. The first-order valence-corrected chi connectivity index (χ1v) is 9.56. The summed E-state index contributed by atoms with van der Waals surface area (Å²) in [5, 5.41) is 0. The number of ether oxygens (including phenoxy) is 1. The van der Waals surface area contributed by atoms with Gasteiger partial charge in [-0.1, -0.05) is 64.0 Å². The van der Waals surface area contributed by atoms with Crippen molar-refractivity contribution in [3.8, 4) is 0 Å². The van der Waals surface area contributed by atoms with Gasteiger partial charge in [0.1, 0.15) is 0 Å². The largest absolute Gasteiger partial charge is 0.502 e. The van der Waals surface area contributed by atoms with Crippen LogP contribution in [0, 0.1) is 5.92 Å². The van der Waals surface area contributed by atoms with Gasteiger partial charge in [-0.3, -0.25) is 0 Å². The lowest BCUT2D eigenvalue weighted by atomic mass is 10.0. The zero-order valence-corrected chi connectivity index (χ0v) is 15.7. The number of rotatable bonds is 15. The van der Waals surface area contributed by atoms with Crippen molar-refractivity contribution in [3.05, 3.63) is 24.0 Å². The summed E-state index contributed by atoms with van der Waals surface area (Å²) in [5.41, 5.74) is 1.43. The van der Waals surface area contributed by atoms with Gasteiger partial charge in [0.25, 0.3) is 0 Å². The van der Waals surface area contributed by atoms with E-state index in [0.717, 1.165) is 12.5 Å². The molecule has 0 aromatic carbocycles. The van der Waals surface area contributed by atoms with Gasteiger partial charge in [-0.2, -0.15) is 0 Å². The van der Waals surface area contributed by atoms with Crippen LogP contribution in [0.1, 0.15) is 98.3 Å². The van der Waals surface area contributed by atoms with Crippen molar-refractivity contribution in [2.45, 2.75) is 98.3 Å². The molecule has 1 atom stereocenters. The molecule has 0 aromatic rings. The Hall–Kier alpha value is -0.720. The fourth-order valence-electron chi connectivity index (χ4n) is 2.49. The molecule has 0 aliphatic heterocycles. The van der Waals surface area contributed by atoms with Crippen molar-refractivity contribution in [2.24, 2.45) is 5.92 Å². The van der Waals surface area contributed by atoms with Crippen LogP contribution in [0.2, 0.25) is 0 Å². The Morgan fingerprint density at radius 1 is 0.909 bits per heavy atom. The SMILES string of the molecule is CCCCCCCCCC=COCCC(C)CCC=C(C)C. The topological polar surface area (TPSA) is 9.23 Å². The maximum Gasteiger partial charge on any atom is 0.0875 e. The number of hydrogen-bond acceptors (Lipinski definition) is 1. The second kappa shape index (κ2) is 16.6. The summed E-state index contributed by atoms with van der Waals surface area (Å²) in [7, 11) is 0. The fraction of sp³-hybridized carbons (Fsp3) is 0.810. The van der Waals surface area contributed by atoms with E-state index < -0.39 is 0 Å². The van der Waals surface area contributed by atoms with E-state index in [0.29, 0.717) is 0 Å². The van der Waals surface area contributed by atoms with E-state index in [1.54, 1.807) is 0 Å². The average molecular weight is 309 g/mol. The first-order chi connectivity index (χ1) is 10.7. The van der Waals surface area contributed by atoms with Gasteiger partial charge in [-0.25, -0.2) is 0 Å². The molecule has 0 heterocycles.